The topological polar surface area (TPSA) is 65.4 Å². The zero-order valence-corrected chi connectivity index (χ0v) is 15.2. The standard InChI is InChI=1S/C18H22ClN3O3/c1-3-25-17-14(19)10-12(11-15(17)24-2)18(23)21-16-8-9-20-22(16)13-6-4-5-7-13/h8-11,13H,3-7H2,1-2H3,(H,21,23). The van der Waals surface area contributed by atoms with E-state index in [2.05, 4.69) is 10.4 Å². The average molecular weight is 364 g/mol. The lowest BCUT2D eigenvalue weighted by Gasteiger charge is -2.16. The van der Waals surface area contributed by atoms with E-state index in [-0.39, 0.29) is 5.91 Å². The first-order chi connectivity index (χ1) is 12.1. The van der Waals surface area contributed by atoms with E-state index in [4.69, 9.17) is 21.1 Å². The summed E-state index contributed by atoms with van der Waals surface area (Å²) >= 11 is 6.25. The van der Waals surface area contributed by atoms with Crippen molar-refractivity contribution in [3.8, 4) is 11.5 Å². The molecule has 1 amide bonds. The summed E-state index contributed by atoms with van der Waals surface area (Å²) in [4.78, 5) is 12.7. The molecule has 1 fully saturated rings. The fourth-order valence-corrected chi connectivity index (χ4v) is 3.44. The van der Waals surface area contributed by atoms with Gasteiger partial charge in [-0.1, -0.05) is 24.4 Å². The van der Waals surface area contributed by atoms with Crippen molar-refractivity contribution in [3.63, 3.8) is 0 Å². The van der Waals surface area contributed by atoms with Crippen LogP contribution in [0.2, 0.25) is 5.02 Å². The SMILES string of the molecule is CCOc1c(Cl)cc(C(=O)Nc2ccnn2C2CCCC2)cc1OC. The molecular formula is C18H22ClN3O3. The van der Waals surface area contributed by atoms with Gasteiger partial charge in [0.2, 0.25) is 0 Å². The molecule has 7 heteroatoms. The van der Waals surface area contributed by atoms with Crippen molar-refractivity contribution in [2.75, 3.05) is 19.0 Å². The molecule has 1 aromatic carbocycles. The summed E-state index contributed by atoms with van der Waals surface area (Å²) in [5.41, 5.74) is 0.407. The number of benzene rings is 1. The van der Waals surface area contributed by atoms with E-state index in [9.17, 15) is 4.79 Å². The van der Waals surface area contributed by atoms with Crippen molar-refractivity contribution < 1.29 is 14.3 Å². The molecule has 1 heterocycles. The number of hydrogen-bond acceptors (Lipinski definition) is 4. The highest BCUT2D eigenvalue weighted by molar-refractivity contribution is 6.32. The zero-order valence-electron chi connectivity index (χ0n) is 14.4. The first-order valence-electron chi connectivity index (χ1n) is 8.49. The molecule has 1 aliphatic rings. The van der Waals surface area contributed by atoms with Crippen molar-refractivity contribution in [3.05, 3.63) is 35.0 Å². The maximum atomic E-state index is 12.7. The molecule has 1 saturated carbocycles. The maximum Gasteiger partial charge on any atom is 0.257 e. The second-order valence-corrected chi connectivity index (χ2v) is 6.38. The summed E-state index contributed by atoms with van der Waals surface area (Å²) in [7, 11) is 1.52. The van der Waals surface area contributed by atoms with E-state index in [1.165, 1.54) is 20.0 Å². The van der Waals surface area contributed by atoms with E-state index >= 15 is 0 Å². The Hall–Kier alpha value is -2.21. The molecule has 25 heavy (non-hydrogen) atoms. The Balaban J connectivity index is 1.82. The monoisotopic (exact) mass is 363 g/mol. The van der Waals surface area contributed by atoms with Crippen LogP contribution in [0.15, 0.2) is 24.4 Å². The first kappa shape index (κ1) is 17.6. The summed E-state index contributed by atoms with van der Waals surface area (Å²) in [6, 6.07) is 5.37. The number of anilines is 1. The second kappa shape index (κ2) is 7.78. The molecule has 1 aromatic heterocycles. The maximum absolute atomic E-state index is 12.7. The van der Waals surface area contributed by atoms with Crippen LogP contribution in [-0.4, -0.2) is 29.4 Å². The van der Waals surface area contributed by atoms with Gasteiger partial charge in [-0.15, -0.1) is 0 Å². The number of methoxy groups -OCH3 is 1. The zero-order chi connectivity index (χ0) is 17.8. The Bertz CT molecular complexity index is 754. The summed E-state index contributed by atoms with van der Waals surface area (Å²) in [5.74, 6) is 1.31. The molecule has 1 aliphatic carbocycles. The molecule has 1 N–H and O–H groups in total. The molecule has 3 rings (SSSR count). The Morgan fingerprint density at radius 3 is 2.84 bits per heavy atom. The molecule has 6 nitrogen and oxygen atoms in total. The van der Waals surface area contributed by atoms with Crippen molar-refractivity contribution in [1.29, 1.82) is 0 Å². The predicted molar refractivity (Wildman–Crippen MR) is 96.9 cm³/mol. The highest BCUT2D eigenvalue weighted by atomic mass is 35.5. The number of nitrogens with zero attached hydrogens (tertiary/aromatic N) is 2. The molecule has 0 atom stereocenters. The number of rotatable bonds is 6. The van der Waals surface area contributed by atoms with Crippen LogP contribution in [0.25, 0.3) is 0 Å². The summed E-state index contributed by atoms with van der Waals surface area (Å²) in [5, 5.41) is 7.63. The predicted octanol–water partition coefficient (Wildman–Crippen LogP) is 4.31. The quantitative estimate of drug-likeness (QED) is 0.830. The second-order valence-electron chi connectivity index (χ2n) is 5.98. The van der Waals surface area contributed by atoms with Crippen molar-refractivity contribution in [1.82, 2.24) is 9.78 Å². The molecule has 0 unspecified atom stereocenters. The third-order valence-electron chi connectivity index (χ3n) is 4.36. The summed E-state index contributed by atoms with van der Waals surface area (Å²) in [6.07, 6.45) is 6.29. The number of amides is 1. The van der Waals surface area contributed by atoms with Crippen molar-refractivity contribution >= 4 is 23.3 Å². The van der Waals surface area contributed by atoms with E-state index in [0.717, 1.165) is 12.8 Å². The van der Waals surface area contributed by atoms with Gasteiger partial charge in [-0.25, -0.2) is 4.68 Å². The van der Waals surface area contributed by atoms with Gasteiger partial charge in [0.15, 0.2) is 11.5 Å². The Morgan fingerprint density at radius 2 is 2.16 bits per heavy atom. The smallest absolute Gasteiger partial charge is 0.257 e. The Morgan fingerprint density at radius 1 is 1.40 bits per heavy atom. The van der Waals surface area contributed by atoms with Crippen LogP contribution in [-0.2, 0) is 0 Å². The molecule has 0 radical (unpaired) electrons. The van der Waals surface area contributed by atoms with Gasteiger partial charge in [-0.05, 0) is 31.9 Å². The van der Waals surface area contributed by atoms with Crippen LogP contribution in [0.3, 0.4) is 0 Å². The molecule has 2 aromatic rings. The summed E-state index contributed by atoms with van der Waals surface area (Å²) in [6.45, 7) is 2.32. The van der Waals surface area contributed by atoms with Crippen LogP contribution in [0, 0.1) is 0 Å². The van der Waals surface area contributed by atoms with Gasteiger partial charge >= 0.3 is 0 Å². The molecule has 0 bridgehead atoms. The van der Waals surface area contributed by atoms with Crippen LogP contribution in [0.4, 0.5) is 5.82 Å². The normalized spacial score (nSPS) is 14.5. The number of aromatic nitrogens is 2. The Labute approximate surface area is 152 Å². The largest absolute Gasteiger partial charge is 0.493 e. The van der Waals surface area contributed by atoms with Crippen molar-refractivity contribution in [2.24, 2.45) is 0 Å². The highest BCUT2D eigenvalue weighted by Crippen LogP contribution is 2.37. The number of carbonyl (C=O) groups is 1. The lowest BCUT2D eigenvalue weighted by atomic mass is 10.2. The van der Waals surface area contributed by atoms with Gasteiger partial charge in [0.1, 0.15) is 5.82 Å². The van der Waals surface area contributed by atoms with E-state index in [1.807, 2.05) is 17.7 Å². The molecule has 0 saturated heterocycles. The molecular weight excluding hydrogens is 342 g/mol. The van der Waals surface area contributed by atoms with Crippen LogP contribution in [0.5, 0.6) is 11.5 Å². The van der Waals surface area contributed by atoms with Crippen molar-refractivity contribution in [2.45, 2.75) is 38.6 Å². The molecule has 134 valence electrons. The third kappa shape index (κ3) is 3.74. The lowest BCUT2D eigenvalue weighted by molar-refractivity contribution is 0.102. The number of nitrogens with one attached hydrogen (secondary N) is 1. The average Bonchev–Trinajstić information content (AvgIpc) is 3.27. The van der Waals surface area contributed by atoms with Gasteiger partial charge in [0, 0.05) is 11.6 Å². The minimum absolute atomic E-state index is 0.261. The van der Waals surface area contributed by atoms with Crippen LogP contribution >= 0.6 is 11.6 Å². The fourth-order valence-electron chi connectivity index (χ4n) is 3.18. The lowest BCUT2D eigenvalue weighted by Crippen LogP contribution is -2.18. The number of carbonyl (C=O) groups excluding carboxylic acids is 1. The summed E-state index contributed by atoms with van der Waals surface area (Å²) < 4.78 is 12.7. The third-order valence-corrected chi connectivity index (χ3v) is 4.64. The van der Waals surface area contributed by atoms with Gasteiger partial charge < -0.3 is 14.8 Å². The van der Waals surface area contributed by atoms with Crippen LogP contribution in [0.1, 0.15) is 49.0 Å². The van der Waals surface area contributed by atoms with E-state index < -0.39 is 0 Å². The molecule has 0 aliphatic heterocycles. The number of halogens is 1. The minimum atomic E-state index is -0.261. The number of hydrogen-bond donors (Lipinski definition) is 1. The van der Waals surface area contributed by atoms with E-state index in [0.29, 0.717) is 40.6 Å². The van der Waals surface area contributed by atoms with Crippen LogP contribution < -0.4 is 14.8 Å². The van der Waals surface area contributed by atoms with Gasteiger partial charge in [-0.2, -0.15) is 5.10 Å². The van der Waals surface area contributed by atoms with Gasteiger partial charge in [0.05, 0.1) is 31.0 Å². The first-order valence-corrected chi connectivity index (χ1v) is 8.87. The Kier molecular flexibility index (Phi) is 5.48. The van der Waals surface area contributed by atoms with Gasteiger partial charge in [0.25, 0.3) is 5.91 Å². The molecule has 0 spiro atoms. The minimum Gasteiger partial charge on any atom is -0.493 e. The number of ether oxygens (including phenoxy) is 2. The highest BCUT2D eigenvalue weighted by Gasteiger charge is 2.21. The van der Waals surface area contributed by atoms with E-state index in [1.54, 1.807) is 18.3 Å². The van der Waals surface area contributed by atoms with Gasteiger partial charge in [-0.3, -0.25) is 4.79 Å². The fraction of sp³-hybridized carbons (Fsp3) is 0.444.